The van der Waals surface area contributed by atoms with Crippen molar-refractivity contribution in [2.45, 2.75) is 18.0 Å². The quantitative estimate of drug-likeness (QED) is 0.385. The van der Waals surface area contributed by atoms with Crippen LogP contribution in [-0.2, 0) is 16.0 Å². The number of ether oxygens (including phenoxy) is 1. The second kappa shape index (κ2) is 7.90. The van der Waals surface area contributed by atoms with E-state index in [0.717, 1.165) is 12.3 Å². The largest absolute Gasteiger partial charge is 0.457 e. The third-order valence-corrected chi connectivity index (χ3v) is 5.88. The number of nitrogens with zero attached hydrogens (tertiary/aromatic N) is 2. The minimum Gasteiger partial charge on any atom is -0.457 e. The van der Waals surface area contributed by atoms with Crippen LogP contribution in [0, 0.1) is 6.92 Å². The van der Waals surface area contributed by atoms with E-state index in [1.807, 2.05) is 0 Å². The topological polar surface area (TPSA) is 69.2 Å². The second-order valence-corrected chi connectivity index (χ2v) is 9.22. The van der Waals surface area contributed by atoms with Crippen LogP contribution < -0.4 is 4.74 Å². The molecule has 0 spiro atoms. The Bertz CT molecular complexity index is 1420. The van der Waals surface area contributed by atoms with Crippen LogP contribution in [0.1, 0.15) is 11.3 Å². The summed E-state index contributed by atoms with van der Waals surface area (Å²) < 4.78 is 69.0. The highest BCUT2D eigenvalue weighted by Crippen LogP contribution is 2.35. The molecule has 4 rings (SSSR count). The van der Waals surface area contributed by atoms with Gasteiger partial charge in [0.05, 0.1) is 27.4 Å². The van der Waals surface area contributed by atoms with Crippen molar-refractivity contribution in [3.05, 3.63) is 78.0 Å². The highest BCUT2D eigenvalue weighted by molar-refractivity contribution is 7.90. The summed E-state index contributed by atoms with van der Waals surface area (Å²) in [7, 11) is -3.36. The predicted molar refractivity (Wildman–Crippen MR) is 114 cm³/mol. The molecule has 32 heavy (non-hydrogen) atoms. The van der Waals surface area contributed by atoms with E-state index in [1.54, 1.807) is 43.3 Å². The third-order valence-electron chi connectivity index (χ3n) is 4.77. The maximum Gasteiger partial charge on any atom is 0.418 e. The molecule has 0 bridgehead atoms. The van der Waals surface area contributed by atoms with Crippen LogP contribution in [-0.4, -0.2) is 24.6 Å². The maximum atomic E-state index is 13.3. The van der Waals surface area contributed by atoms with Gasteiger partial charge in [0, 0.05) is 11.8 Å². The van der Waals surface area contributed by atoms with Crippen molar-refractivity contribution in [1.29, 1.82) is 0 Å². The molecule has 1 aromatic heterocycles. The predicted octanol–water partition coefficient (Wildman–Crippen LogP) is 5.82. The molecule has 0 atom stereocenters. The highest BCUT2D eigenvalue weighted by atomic mass is 32.2. The van der Waals surface area contributed by atoms with Gasteiger partial charge in [0.1, 0.15) is 17.0 Å². The zero-order chi connectivity index (χ0) is 23.1. The van der Waals surface area contributed by atoms with Crippen molar-refractivity contribution in [2.75, 3.05) is 6.26 Å². The number of fused-ring (bicyclic) bond motifs is 1. The molecule has 9 heteroatoms. The standard InChI is InChI=1S/C23H17F3N2O3S/c1-14-21(28-20-8-4-7-19(22(20)27-14)23(24,25)26)15-9-11-16(12-10-15)31-17-5-3-6-18(13-17)32(2,29)30/h3-13H,1-2H3. The molecular formula is C23H17F3N2O3S. The minimum absolute atomic E-state index is 0.145. The van der Waals surface area contributed by atoms with E-state index >= 15 is 0 Å². The smallest absolute Gasteiger partial charge is 0.418 e. The van der Waals surface area contributed by atoms with Gasteiger partial charge in [-0.25, -0.2) is 18.4 Å². The van der Waals surface area contributed by atoms with Gasteiger partial charge in [0.25, 0.3) is 0 Å². The van der Waals surface area contributed by atoms with Gasteiger partial charge in [-0.15, -0.1) is 0 Å². The third kappa shape index (κ3) is 4.43. The number of hydrogen-bond acceptors (Lipinski definition) is 5. The van der Waals surface area contributed by atoms with E-state index in [4.69, 9.17) is 4.74 Å². The number of aryl methyl sites for hydroxylation is 1. The molecule has 0 amide bonds. The molecule has 0 aliphatic rings. The summed E-state index contributed by atoms with van der Waals surface area (Å²) in [5, 5.41) is 0. The van der Waals surface area contributed by atoms with E-state index in [2.05, 4.69) is 9.97 Å². The van der Waals surface area contributed by atoms with E-state index in [-0.39, 0.29) is 15.9 Å². The Balaban J connectivity index is 1.65. The zero-order valence-electron chi connectivity index (χ0n) is 17.0. The average Bonchev–Trinajstić information content (AvgIpc) is 2.72. The molecule has 0 saturated carbocycles. The first-order chi connectivity index (χ1) is 15.0. The molecule has 164 valence electrons. The van der Waals surface area contributed by atoms with Gasteiger partial charge < -0.3 is 4.74 Å². The Hall–Kier alpha value is -3.46. The van der Waals surface area contributed by atoms with Crippen molar-refractivity contribution >= 4 is 20.9 Å². The van der Waals surface area contributed by atoms with E-state index < -0.39 is 21.6 Å². The summed E-state index contributed by atoms with van der Waals surface area (Å²) in [5.74, 6) is 0.826. The van der Waals surface area contributed by atoms with Crippen LogP contribution in [0.2, 0.25) is 0 Å². The molecule has 0 radical (unpaired) electrons. The fourth-order valence-corrected chi connectivity index (χ4v) is 3.90. The molecule has 4 aromatic rings. The molecule has 0 unspecified atom stereocenters. The van der Waals surface area contributed by atoms with Crippen molar-refractivity contribution in [1.82, 2.24) is 9.97 Å². The monoisotopic (exact) mass is 458 g/mol. The Morgan fingerprint density at radius 3 is 2.22 bits per heavy atom. The molecule has 0 aliphatic carbocycles. The molecule has 3 aromatic carbocycles. The Kier molecular flexibility index (Phi) is 5.37. The lowest BCUT2D eigenvalue weighted by Crippen LogP contribution is -2.08. The number of halogens is 3. The minimum atomic E-state index is -4.52. The first-order valence-electron chi connectivity index (χ1n) is 9.45. The maximum absolute atomic E-state index is 13.3. The first-order valence-corrected chi connectivity index (χ1v) is 11.3. The van der Waals surface area contributed by atoms with Crippen LogP contribution in [0.5, 0.6) is 11.5 Å². The Morgan fingerprint density at radius 1 is 0.875 bits per heavy atom. The van der Waals surface area contributed by atoms with Crippen LogP contribution in [0.4, 0.5) is 13.2 Å². The summed E-state index contributed by atoms with van der Waals surface area (Å²) in [5.41, 5.74) is 0.625. The average molecular weight is 458 g/mol. The number of benzene rings is 3. The molecule has 1 heterocycles. The van der Waals surface area contributed by atoms with Gasteiger partial charge in [0.15, 0.2) is 9.84 Å². The van der Waals surface area contributed by atoms with Crippen molar-refractivity contribution in [3.63, 3.8) is 0 Å². The number of hydrogen-bond donors (Lipinski definition) is 0. The summed E-state index contributed by atoms with van der Waals surface area (Å²) in [6, 6.07) is 16.7. The lowest BCUT2D eigenvalue weighted by molar-refractivity contribution is -0.136. The van der Waals surface area contributed by atoms with Gasteiger partial charge in [-0.2, -0.15) is 13.2 Å². The number of alkyl halides is 3. The fraction of sp³-hybridized carbons (Fsp3) is 0.130. The lowest BCUT2D eigenvalue weighted by Gasteiger charge is -2.12. The molecule has 0 N–H and O–H groups in total. The first kappa shape index (κ1) is 21.8. The number of sulfone groups is 1. The Morgan fingerprint density at radius 2 is 1.56 bits per heavy atom. The molecule has 0 fully saturated rings. The van der Waals surface area contributed by atoms with E-state index in [0.29, 0.717) is 28.5 Å². The summed E-state index contributed by atoms with van der Waals surface area (Å²) >= 11 is 0. The van der Waals surface area contributed by atoms with Gasteiger partial charge in [-0.1, -0.05) is 12.1 Å². The van der Waals surface area contributed by atoms with Gasteiger partial charge in [0.2, 0.25) is 0 Å². The molecule has 5 nitrogen and oxygen atoms in total. The van der Waals surface area contributed by atoms with Gasteiger partial charge >= 0.3 is 6.18 Å². The zero-order valence-corrected chi connectivity index (χ0v) is 17.8. The SMILES string of the molecule is Cc1nc2c(C(F)(F)F)cccc2nc1-c1ccc(Oc2cccc(S(C)(=O)=O)c2)cc1. The summed E-state index contributed by atoms with van der Waals surface area (Å²) in [6.07, 6.45) is -3.40. The molecule has 0 aliphatic heterocycles. The fourth-order valence-electron chi connectivity index (χ4n) is 3.25. The van der Waals surface area contributed by atoms with E-state index in [1.165, 1.54) is 24.3 Å². The van der Waals surface area contributed by atoms with Crippen LogP contribution in [0.15, 0.2) is 71.6 Å². The van der Waals surface area contributed by atoms with Gasteiger partial charge in [-0.05, 0) is 61.5 Å². The van der Waals surface area contributed by atoms with Crippen molar-refractivity contribution in [2.24, 2.45) is 0 Å². The molecular weight excluding hydrogens is 441 g/mol. The summed E-state index contributed by atoms with van der Waals surface area (Å²) in [4.78, 5) is 8.72. The van der Waals surface area contributed by atoms with Crippen LogP contribution >= 0.6 is 0 Å². The lowest BCUT2D eigenvalue weighted by atomic mass is 10.1. The summed E-state index contributed by atoms with van der Waals surface area (Å²) in [6.45, 7) is 1.61. The normalized spacial score (nSPS) is 12.2. The van der Waals surface area contributed by atoms with E-state index in [9.17, 15) is 21.6 Å². The number of rotatable bonds is 4. The van der Waals surface area contributed by atoms with Crippen LogP contribution in [0.25, 0.3) is 22.3 Å². The Labute approximate surface area is 182 Å². The van der Waals surface area contributed by atoms with Crippen LogP contribution in [0.3, 0.4) is 0 Å². The second-order valence-electron chi connectivity index (χ2n) is 7.20. The van der Waals surface area contributed by atoms with Crippen molar-refractivity contribution < 1.29 is 26.3 Å². The van der Waals surface area contributed by atoms with Gasteiger partial charge in [-0.3, -0.25) is 0 Å². The van der Waals surface area contributed by atoms with Crippen molar-refractivity contribution in [3.8, 4) is 22.8 Å². The highest BCUT2D eigenvalue weighted by Gasteiger charge is 2.33. The number of para-hydroxylation sites is 1. The molecule has 0 saturated heterocycles. The number of aromatic nitrogens is 2.